The second-order valence-electron chi connectivity index (χ2n) is 12.6. The first kappa shape index (κ1) is 40.5. The molecule has 0 saturated carbocycles. The molecule has 288 valence electrons. The van der Waals surface area contributed by atoms with Gasteiger partial charge in [0.1, 0.15) is 43.3 Å². The summed E-state index contributed by atoms with van der Waals surface area (Å²) in [6.07, 6.45) is 7.22. The third kappa shape index (κ3) is 11.4. The number of benzene rings is 2. The van der Waals surface area contributed by atoms with Crippen LogP contribution in [0.3, 0.4) is 0 Å². The second kappa shape index (κ2) is 19.6. The Morgan fingerprint density at radius 3 is 2.50 bits per heavy atom. The van der Waals surface area contributed by atoms with Crippen LogP contribution in [0.2, 0.25) is 0 Å². The van der Waals surface area contributed by atoms with Gasteiger partial charge in [0.25, 0.3) is 0 Å². The van der Waals surface area contributed by atoms with Gasteiger partial charge in [-0.1, -0.05) is 24.3 Å². The maximum atomic E-state index is 15.6. The topological polar surface area (TPSA) is 141 Å². The number of allylic oxidation sites excluding steroid dienone is 2. The first-order valence-corrected chi connectivity index (χ1v) is 18.1. The Morgan fingerprint density at radius 2 is 1.81 bits per heavy atom. The molecule has 0 N–H and O–H groups in total. The maximum Gasteiger partial charge on any atom is 0.509 e. The minimum absolute atomic E-state index is 0.113. The van der Waals surface area contributed by atoms with Crippen molar-refractivity contribution in [3.05, 3.63) is 101 Å². The molecule has 2 aliphatic rings. The Labute approximate surface area is 315 Å². The molecule has 17 heteroatoms. The Balaban J connectivity index is 1.22. The lowest BCUT2D eigenvalue weighted by atomic mass is 9.89. The number of piperazine rings is 1. The number of hydrogen-bond acceptors (Lipinski definition) is 13. The first-order chi connectivity index (χ1) is 26.0. The van der Waals surface area contributed by atoms with Gasteiger partial charge in [0.15, 0.2) is 11.9 Å². The van der Waals surface area contributed by atoms with Gasteiger partial charge < -0.3 is 28.6 Å². The van der Waals surface area contributed by atoms with Crippen LogP contribution in [0.15, 0.2) is 67.3 Å². The molecule has 54 heavy (non-hydrogen) atoms. The molecule has 0 bridgehead atoms. The Bertz CT molecular complexity index is 1810. The normalized spacial score (nSPS) is 20.0. The molecule has 5 rings (SSSR count). The highest BCUT2D eigenvalue weighted by Gasteiger charge is 2.47. The van der Waals surface area contributed by atoms with E-state index in [2.05, 4.69) is 15.0 Å². The number of hydrogen-bond donors (Lipinski definition) is 0. The molecule has 2 aromatic carbocycles. The molecule has 0 spiro atoms. The van der Waals surface area contributed by atoms with E-state index in [-0.39, 0.29) is 55.9 Å². The van der Waals surface area contributed by atoms with Crippen molar-refractivity contribution in [2.24, 2.45) is 0 Å². The lowest BCUT2D eigenvalue weighted by molar-refractivity contribution is -0.147. The van der Waals surface area contributed by atoms with E-state index >= 15 is 4.39 Å². The molecule has 0 radical (unpaired) electrons. The molecule has 0 amide bonds. The number of aromatic nitrogens is 3. The van der Waals surface area contributed by atoms with E-state index in [9.17, 15) is 18.4 Å². The average Bonchev–Trinajstić information content (AvgIpc) is 3.66. The van der Waals surface area contributed by atoms with Crippen LogP contribution in [0, 0.1) is 28.8 Å². The first-order valence-electron chi connectivity index (χ1n) is 17.2. The van der Waals surface area contributed by atoms with Crippen molar-refractivity contribution in [2.45, 2.75) is 35.9 Å². The van der Waals surface area contributed by atoms with Crippen molar-refractivity contribution in [1.29, 1.82) is 5.26 Å². The summed E-state index contributed by atoms with van der Waals surface area (Å²) in [6.45, 7) is 4.62. The third-order valence-corrected chi connectivity index (χ3v) is 10.2. The number of nitriles is 1. The van der Waals surface area contributed by atoms with E-state index in [1.54, 1.807) is 31.2 Å². The molecule has 13 nitrogen and oxygen atoms in total. The molecular weight excluding hydrogens is 730 g/mol. The minimum atomic E-state index is -1.81. The number of carbonyl (C=O) groups excluding carboxylic acids is 2. The van der Waals surface area contributed by atoms with Crippen molar-refractivity contribution in [1.82, 2.24) is 24.6 Å². The average molecular weight is 771 g/mol. The molecular formula is C37H41F3N6O7S. The van der Waals surface area contributed by atoms with Crippen LogP contribution in [0.5, 0.6) is 0 Å². The molecule has 0 unspecified atom stereocenters. The highest BCUT2D eigenvalue weighted by molar-refractivity contribution is 8.00. The number of thioether (sulfide) groups is 1. The summed E-state index contributed by atoms with van der Waals surface area (Å²) < 4.78 is 73.6. The third-order valence-electron chi connectivity index (χ3n) is 8.76. The SMILES string of the molecule is C[C@@H](SC1COC(/C=C/C=C/c2ccc(C#N)cc2F)OC1)[C@@](Cn1cncn1)(OC(=O)OCCOC(=O)CN1CCN(C)CC1)c1ccc(F)cc1F. The van der Waals surface area contributed by atoms with Gasteiger partial charge in [-0.25, -0.2) is 27.6 Å². The van der Waals surface area contributed by atoms with Crippen LogP contribution in [-0.4, -0.2) is 120 Å². The Morgan fingerprint density at radius 1 is 1.06 bits per heavy atom. The van der Waals surface area contributed by atoms with Gasteiger partial charge in [0.05, 0.1) is 43.2 Å². The highest BCUT2D eigenvalue weighted by atomic mass is 32.2. The predicted molar refractivity (Wildman–Crippen MR) is 191 cm³/mol. The molecule has 1 aromatic heterocycles. The summed E-state index contributed by atoms with van der Waals surface area (Å²) in [5.41, 5.74) is -1.40. The zero-order valence-electron chi connectivity index (χ0n) is 29.8. The van der Waals surface area contributed by atoms with Crippen molar-refractivity contribution in [3.63, 3.8) is 0 Å². The maximum absolute atomic E-state index is 15.6. The fraction of sp³-hybridized carbons (Fsp3) is 0.432. The van der Waals surface area contributed by atoms with Gasteiger partial charge in [-0.2, -0.15) is 10.4 Å². The van der Waals surface area contributed by atoms with Crippen molar-refractivity contribution in [2.75, 3.05) is 66.2 Å². The largest absolute Gasteiger partial charge is 0.509 e. The zero-order chi connectivity index (χ0) is 38.5. The van der Waals surface area contributed by atoms with Crippen molar-refractivity contribution < 1.29 is 46.4 Å². The van der Waals surface area contributed by atoms with Gasteiger partial charge in [0, 0.05) is 48.6 Å². The monoisotopic (exact) mass is 770 g/mol. The standard InChI is InChI=1S/C37H41F3N6O7S/c1-26(54-30-21-51-35(52-22-30)6-4-3-5-28-8-7-27(19-41)17-32(28)39)37(23-46-25-42-24-43-46,31-10-9-29(38)18-33(31)40)53-36(48)50-16-15-49-34(47)20-45-13-11-44(2)12-14-45/h3-10,17-18,24-26,30,35H,11-16,20-23H2,1-2H3/b5-3+,6-4+/t26-,30?,35?,37-/m1/s1. The second-order valence-corrected chi connectivity index (χ2v) is 14.3. The summed E-state index contributed by atoms with van der Waals surface area (Å²) in [5, 5.41) is 12.0. The van der Waals surface area contributed by atoms with Crippen LogP contribution < -0.4 is 0 Å². The van der Waals surface area contributed by atoms with E-state index in [4.69, 9.17) is 28.9 Å². The molecule has 2 fully saturated rings. The Kier molecular flexibility index (Phi) is 14.6. The van der Waals surface area contributed by atoms with Crippen molar-refractivity contribution in [3.8, 4) is 6.07 Å². The fourth-order valence-corrected chi connectivity index (χ4v) is 7.18. The van der Waals surface area contributed by atoms with Gasteiger partial charge in [-0.05, 0) is 44.3 Å². The van der Waals surface area contributed by atoms with Crippen LogP contribution >= 0.6 is 11.8 Å². The van der Waals surface area contributed by atoms with Gasteiger partial charge in [-0.3, -0.25) is 9.69 Å². The quantitative estimate of drug-likeness (QED) is 0.122. The number of esters is 1. The number of nitrogens with zero attached hydrogens (tertiary/aromatic N) is 6. The molecule has 3 aromatic rings. The summed E-state index contributed by atoms with van der Waals surface area (Å²) in [4.78, 5) is 33.8. The molecule has 0 aliphatic carbocycles. The Hall–Kier alpha value is -4.73. The zero-order valence-corrected chi connectivity index (χ0v) is 30.6. The van der Waals surface area contributed by atoms with Crippen LogP contribution in [0.25, 0.3) is 6.08 Å². The lowest BCUT2D eigenvalue weighted by Crippen LogP contribution is -2.47. The minimum Gasteiger partial charge on any atom is -0.461 e. The number of likely N-dealkylation sites (N-methyl/N-ethyl adjacent to an activating group) is 1. The predicted octanol–water partition coefficient (Wildman–Crippen LogP) is 4.54. The highest BCUT2D eigenvalue weighted by Crippen LogP contribution is 2.42. The van der Waals surface area contributed by atoms with Gasteiger partial charge >= 0.3 is 12.1 Å². The lowest BCUT2D eigenvalue weighted by Gasteiger charge is -2.40. The molecule has 2 aliphatic heterocycles. The van der Waals surface area contributed by atoms with Crippen LogP contribution in [0.1, 0.15) is 23.6 Å². The number of carbonyl (C=O) groups is 2. The van der Waals surface area contributed by atoms with Gasteiger partial charge in [0.2, 0.25) is 0 Å². The number of rotatable bonds is 15. The smallest absolute Gasteiger partial charge is 0.461 e. The van der Waals surface area contributed by atoms with Gasteiger partial charge in [-0.15, -0.1) is 11.8 Å². The molecule has 3 heterocycles. The summed E-state index contributed by atoms with van der Waals surface area (Å²) >= 11 is 1.30. The summed E-state index contributed by atoms with van der Waals surface area (Å²) in [5.74, 6) is -2.76. The van der Waals surface area contributed by atoms with E-state index < -0.39 is 46.7 Å². The summed E-state index contributed by atoms with van der Waals surface area (Å²) in [7, 11) is 2.01. The van der Waals surface area contributed by atoms with Crippen molar-refractivity contribution >= 4 is 30.0 Å². The van der Waals surface area contributed by atoms with Crippen LogP contribution in [-0.2, 0) is 40.6 Å². The number of ether oxygens (including phenoxy) is 5. The van der Waals surface area contributed by atoms with E-state index in [1.807, 2.05) is 18.0 Å². The molecule has 2 saturated heterocycles. The summed E-state index contributed by atoms with van der Waals surface area (Å²) in [6, 6.07) is 9.05. The molecule has 2 atom stereocenters. The van der Waals surface area contributed by atoms with E-state index in [0.29, 0.717) is 11.6 Å². The fourth-order valence-electron chi connectivity index (χ4n) is 5.82. The number of halogens is 3. The van der Waals surface area contributed by atoms with E-state index in [1.165, 1.54) is 47.3 Å². The van der Waals surface area contributed by atoms with Crippen LogP contribution in [0.4, 0.5) is 18.0 Å². The van der Waals surface area contributed by atoms with E-state index in [0.717, 1.165) is 38.3 Å².